The Hall–Kier alpha value is -0.860. The Morgan fingerprint density at radius 2 is 2.14 bits per heavy atom. The van der Waals surface area contributed by atoms with Crippen LogP contribution in [0.3, 0.4) is 0 Å². The summed E-state index contributed by atoms with van der Waals surface area (Å²) < 4.78 is -0.971. The van der Waals surface area contributed by atoms with Crippen molar-refractivity contribution < 1.29 is 4.79 Å². The van der Waals surface area contributed by atoms with Gasteiger partial charge in [-0.2, -0.15) is 5.26 Å². The number of anilines is 1. The Morgan fingerprint density at radius 1 is 1.43 bits per heavy atom. The fraction of sp³-hybridized carbons (Fsp3) is 0.111. The maximum Gasteiger partial charge on any atom is 0.256 e. The molecule has 0 bridgehead atoms. The summed E-state index contributed by atoms with van der Waals surface area (Å²) in [6.07, 6.45) is 0. The van der Waals surface area contributed by atoms with Crippen LogP contribution in [0.15, 0.2) is 18.2 Å². The molecule has 0 saturated heterocycles. The molecule has 0 aromatic heterocycles. The van der Waals surface area contributed by atoms with E-state index in [2.05, 4.69) is 43.2 Å². The number of carbonyl (C=O) groups is 1. The average Bonchev–Trinajstić information content (AvgIpc) is 2.38. The van der Waals surface area contributed by atoms with Crippen LogP contribution >= 0.6 is 31.9 Å². The molecule has 1 aromatic carbocycles. The molecule has 0 fully saturated rings. The molecular formula is C9H4Br2N2O. The fourth-order valence-electron chi connectivity index (χ4n) is 1.40. The summed E-state index contributed by atoms with van der Waals surface area (Å²) in [5.74, 6) is -0.213. The summed E-state index contributed by atoms with van der Waals surface area (Å²) in [5, 5.41) is 11.6. The van der Waals surface area contributed by atoms with E-state index in [1.165, 1.54) is 0 Å². The maximum atomic E-state index is 11.5. The van der Waals surface area contributed by atoms with Crippen molar-refractivity contribution in [2.75, 3.05) is 5.32 Å². The third-order valence-corrected chi connectivity index (χ3v) is 3.55. The van der Waals surface area contributed by atoms with Gasteiger partial charge in [0.2, 0.25) is 0 Å². The SMILES string of the molecule is N#Cc1cccc2c1C(Br)(Br)C(=O)N2. The summed E-state index contributed by atoms with van der Waals surface area (Å²) in [6, 6.07) is 7.23. The smallest absolute Gasteiger partial charge is 0.256 e. The Labute approximate surface area is 97.4 Å². The monoisotopic (exact) mass is 314 g/mol. The van der Waals surface area contributed by atoms with Crippen molar-refractivity contribution in [3.05, 3.63) is 29.3 Å². The number of amides is 1. The van der Waals surface area contributed by atoms with Crippen LogP contribution in [0.25, 0.3) is 0 Å². The molecule has 1 aliphatic rings. The van der Waals surface area contributed by atoms with E-state index < -0.39 is 3.23 Å². The molecule has 1 aliphatic heterocycles. The van der Waals surface area contributed by atoms with E-state index in [4.69, 9.17) is 5.26 Å². The number of carbonyl (C=O) groups excluding carboxylic acids is 1. The van der Waals surface area contributed by atoms with Gasteiger partial charge in [-0.05, 0) is 12.1 Å². The van der Waals surface area contributed by atoms with Crippen LogP contribution in [-0.4, -0.2) is 5.91 Å². The van der Waals surface area contributed by atoms with Gasteiger partial charge in [-0.3, -0.25) is 4.79 Å². The van der Waals surface area contributed by atoms with Crippen molar-refractivity contribution in [2.45, 2.75) is 3.23 Å². The quantitative estimate of drug-likeness (QED) is 0.748. The first kappa shape index (κ1) is 9.69. The molecule has 0 unspecified atom stereocenters. The third kappa shape index (κ3) is 1.18. The van der Waals surface area contributed by atoms with Gasteiger partial charge < -0.3 is 5.32 Å². The predicted octanol–water partition coefficient (Wildman–Crippen LogP) is 2.45. The molecule has 0 atom stereocenters. The lowest BCUT2D eigenvalue weighted by Crippen LogP contribution is -2.20. The summed E-state index contributed by atoms with van der Waals surface area (Å²) in [4.78, 5) is 11.5. The second-order valence-electron chi connectivity index (χ2n) is 2.87. The molecule has 5 heteroatoms. The minimum absolute atomic E-state index is 0.213. The summed E-state index contributed by atoms with van der Waals surface area (Å²) in [5.41, 5.74) is 1.80. The van der Waals surface area contributed by atoms with Crippen molar-refractivity contribution in [3.8, 4) is 6.07 Å². The summed E-state index contributed by atoms with van der Waals surface area (Å²) >= 11 is 6.50. The normalized spacial score (nSPS) is 17.1. The van der Waals surface area contributed by atoms with E-state index in [1.807, 2.05) is 0 Å². The van der Waals surface area contributed by atoms with Crippen LogP contribution in [0, 0.1) is 11.3 Å². The van der Waals surface area contributed by atoms with Crippen molar-refractivity contribution in [3.63, 3.8) is 0 Å². The number of benzene rings is 1. The zero-order chi connectivity index (χ0) is 10.3. The molecule has 3 nitrogen and oxygen atoms in total. The number of alkyl halides is 2. The largest absolute Gasteiger partial charge is 0.323 e. The molecule has 0 saturated carbocycles. The molecule has 0 spiro atoms. The average molecular weight is 316 g/mol. The molecule has 1 aromatic rings. The Morgan fingerprint density at radius 3 is 2.79 bits per heavy atom. The van der Waals surface area contributed by atoms with Gasteiger partial charge in [-0.25, -0.2) is 0 Å². The first-order valence-electron chi connectivity index (χ1n) is 3.80. The van der Waals surface area contributed by atoms with Crippen LogP contribution < -0.4 is 5.32 Å². The minimum Gasteiger partial charge on any atom is -0.323 e. The standard InChI is InChI=1S/C9H4Br2N2O/c10-9(11)7-5(4-12)2-1-3-6(7)13-8(9)14/h1-3H,(H,13,14). The van der Waals surface area contributed by atoms with Gasteiger partial charge in [0.15, 0.2) is 3.23 Å². The Kier molecular flexibility index (Phi) is 2.13. The zero-order valence-corrected chi connectivity index (χ0v) is 10.0. The van der Waals surface area contributed by atoms with E-state index >= 15 is 0 Å². The van der Waals surface area contributed by atoms with Gasteiger partial charge in [-0.1, -0.05) is 37.9 Å². The lowest BCUT2D eigenvalue weighted by molar-refractivity contribution is -0.115. The molecule has 14 heavy (non-hydrogen) atoms. The second kappa shape index (κ2) is 3.07. The number of hydrogen-bond acceptors (Lipinski definition) is 2. The van der Waals surface area contributed by atoms with Gasteiger partial charge >= 0.3 is 0 Å². The van der Waals surface area contributed by atoms with Crippen LogP contribution in [0.2, 0.25) is 0 Å². The van der Waals surface area contributed by atoms with Gasteiger partial charge in [0, 0.05) is 11.3 Å². The first-order valence-corrected chi connectivity index (χ1v) is 5.39. The highest BCUT2D eigenvalue weighted by Crippen LogP contribution is 2.48. The third-order valence-electron chi connectivity index (χ3n) is 2.03. The molecule has 1 heterocycles. The number of rotatable bonds is 0. The molecule has 1 amide bonds. The van der Waals surface area contributed by atoms with Crippen LogP contribution in [-0.2, 0) is 8.03 Å². The number of nitriles is 1. The molecular weight excluding hydrogens is 312 g/mol. The number of nitrogens with one attached hydrogen (secondary N) is 1. The summed E-state index contributed by atoms with van der Waals surface area (Å²) in [7, 11) is 0. The van der Waals surface area contributed by atoms with Crippen LogP contribution in [0.4, 0.5) is 5.69 Å². The first-order chi connectivity index (χ1) is 6.57. The lowest BCUT2D eigenvalue weighted by Gasteiger charge is -2.11. The number of fused-ring (bicyclic) bond motifs is 1. The zero-order valence-electron chi connectivity index (χ0n) is 6.84. The van der Waals surface area contributed by atoms with E-state index in [0.29, 0.717) is 16.8 Å². The summed E-state index contributed by atoms with van der Waals surface area (Å²) in [6.45, 7) is 0. The Balaban J connectivity index is 2.74. The van der Waals surface area contributed by atoms with E-state index in [-0.39, 0.29) is 5.91 Å². The van der Waals surface area contributed by atoms with Crippen molar-refractivity contribution >= 4 is 43.5 Å². The highest BCUT2D eigenvalue weighted by Gasteiger charge is 2.44. The lowest BCUT2D eigenvalue weighted by atomic mass is 10.1. The van der Waals surface area contributed by atoms with Gasteiger partial charge in [0.1, 0.15) is 0 Å². The molecule has 70 valence electrons. The highest BCUT2D eigenvalue weighted by molar-refractivity contribution is 9.25. The second-order valence-corrected chi connectivity index (χ2v) is 6.31. The molecule has 0 aliphatic carbocycles. The maximum absolute atomic E-state index is 11.5. The number of halogens is 2. The molecule has 0 radical (unpaired) electrons. The molecule has 2 rings (SSSR count). The Bertz CT molecular complexity index is 462. The number of nitrogens with zero attached hydrogens (tertiary/aromatic N) is 1. The van der Waals surface area contributed by atoms with E-state index in [1.54, 1.807) is 18.2 Å². The van der Waals surface area contributed by atoms with Crippen molar-refractivity contribution in [1.29, 1.82) is 5.26 Å². The van der Waals surface area contributed by atoms with E-state index in [9.17, 15) is 4.79 Å². The van der Waals surface area contributed by atoms with Gasteiger partial charge in [0.05, 0.1) is 11.6 Å². The van der Waals surface area contributed by atoms with E-state index in [0.717, 1.165) is 0 Å². The van der Waals surface area contributed by atoms with Crippen molar-refractivity contribution in [2.24, 2.45) is 0 Å². The highest BCUT2D eigenvalue weighted by atomic mass is 79.9. The topological polar surface area (TPSA) is 52.9 Å². The predicted molar refractivity (Wildman–Crippen MR) is 59.3 cm³/mol. The minimum atomic E-state index is -0.971. The van der Waals surface area contributed by atoms with Crippen LogP contribution in [0.1, 0.15) is 11.1 Å². The molecule has 1 N–H and O–H groups in total. The fourth-order valence-corrected chi connectivity index (χ4v) is 2.45. The number of hydrogen-bond donors (Lipinski definition) is 1. The van der Waals surface area contributed by atoms with Gasteiger partial charge in [-0.15, -0.1) is 0 Å². The van der Waals surface area contributed by atoms with Crippen LogP contribution in [0.5, 0.6) is 0 Å². The van der Waals surface area contributed by atoms with Gasteiger partial charge in [0.25, 0.3) is 5.91 Å². The van der Waals surface area contributed by atoms with Crippen molar-refractivity contribution in [1.82, 2.24) is 0 Å².